The third-order valence-corrected chi connectivity index (χ3v) is 9.08. The van der Waals surface area contributed by atoms with Crippen LogP contribution >= 0.6 is 0 Å². The number of likely N-dealkylation sites (tertiary alicyclic amines) is 1. The van der Waals surface area contributed by atoms with Crippen molar-refractivity contribution >= 4 is 50.0 Å². The first-order valence-corrected chi connectivity index (χ1v) is 16.3. The van der Waals surface area contributed by atoms with Gasteiger partial charge >= 0.3 is 0 Å². The van der Waals surface area contributed by atoms with Crippen LogP contribution in [0, 0.1) is 0 Å². The number of ether oxygens (including phenoxy) is 2. The van der Waals surface area contributed by atoms with Crippen molar-refractivity contribution in [2.75, 3.05) is 42.7 Å². The zero-order chi connectivity index (χ0) is 32.1. The molecule has 5 aromatic rings. The summed E-state index contributed by atoms with van der Waals surface area (Å²) in [6.07, 6.45) is 1.99. The maximum absolute atomic E-state index is 13.7. The van der Waals surface area contributed by atoms with Crippen LogP contribution in [-0.2, 0) is 14.8 Å². The summed E-state index contributed by atoms with van der Waals surface area (Å²) in [5, 5.41) is 6.02. The molecule has 6 rings (SSSR count). The zero-order valence-electron chi connectivity index (χ0n) is 25.4. The van der Waals surface area contributed by atoms with Crippen LogP contribution in [0.3, 0.4) is 0 Å². The van der Waals surface area contributed by atoms with E-state index in [1.54, 1.807) is 62.8 Å². The smallest absolute Gasteiger partial charge is 0.263 e. The highest BCUT2D eigenvalue weighted by molar-refractivity contribution is 7.92. The fourth-order valence-corrected chi connectivity index (χ4v) is 6.61. The van der Waals surface area contributed by atoms with Crippen molar-refractivity contribution in [3.8, 4) is 11.5 Å². The van der Waals surface area contributed by atoms with Crippen LogP contribution in [0.15, 0.2) is 102 Å². The molecule has 1 aromatic heterocycles. The van der Waals surface area contributed by atoms with Gasteiger partial charge in [-0.1, -0.05) is 48.5 Å². The lowest BCUT2D eigenvalue weighted by atomic mass is 10.0. The quantitative estimate of drug-likeness (QED) is 0.160. The summed E-state index contributed by atoms with van der Waals surface area (Å²) >= 11 is 0. The first-order valence-electron chi connectivity index (χ1n) is 14.8. The molecule has 236 valence electrons. The molecule has 0 saturated carbocycles. The van der Waals surface area contributed by atoms with E-state index >= 15 is 0 Å². The number of para-hydroxylation sites is 2. The van der Waals surface area contributed by atoms with Crippen LogP contribution in [0.5, 0.6) is 11.5 Å². The van der Waals surface area contributed by atoms with Gasteiger partial charge in [0.05, 0.1) is 36.7 Å². The number of aromatic nitrogens is 2. The molecule has 1 atom stereocenters. The molecule has 1 amide bonds. The van der Waals surface area contributed by atoms with Crippen molar-refractivity contribution in [2.24, 2.45) is 0 Å². The number of nitrogens with zero attached hydrogens (tertiary/aromatic N) is 3. The minimum atomic E-state index is -4.15. The molecule has 12 heteroatoms. The Kier molecular flexibility index (Phi) is 8.99. The van der Waals surface area contributed by atoms with Crippen LogP contribution in [0.1, 0.15) is 24.4 Å². The number of carbonyl (C=O) groups excluding carboxylic acids is 1. The van der Waals surface area contributed by atoms with Crippen molar-refractivity contribution in [3.63, 3.8) is 0 Å². The van der Waals surface area contributed by atoms with E-state index in [2.05, 4.69) is 42.4 Å². The molecule has 0 bridgehead atoms. The molecular weight excluding hydrogens is 604 g/mol. The van der Waals surface area contributed by atoms with E-state index in [0.29, 0.717) is 33.9 Å². The van der Waals surface area contributed by atoms with Gasteiger partial charge in [0, 0.05) is 35.6 Å². The van der Waals surface area contributed by atoms with Gasteiger partial charge in [-0.2, -0.15) is 0 Å². The lowest BCUT2D eigenvalue weighted by Gasteiger charge is -2.24. The van der Waals surface area contributed by atoms with Gasteiger partial charge in [-0.25, -0.2) is 18.4 Å². The molecule has 2 heterocycles. The topological polar surface area (TPSA) is 135 Å². The highest BCUT2D eigenvalue weighted by Gasteiger charge is 2.27. The Balaban J connectivity index is 1.22. The van der Waals surface area contributed by atoms with Gasteiger partial charge < -0.3 is 20.1 Å². The Hall–Kier alpha value is -5.20. The number of hydrogen-bond acceptors (Lipinski definition) is 9. The molecule has 1 aliphatic rings. The van der Waals surface area contributed by atoms with Gasteiger partial charge in [-0.15, -0.1) is 0 Å². The SMILES string of the molecule is COc1cc(Nc2nc3ccccc3nc2NS(=O)(=O)c2cccc(NC(=O)CN3CCCC3c3ccccc3)c2)cc(OC)c1. The normalized spacial score (nSPS) is 15.0. The fourth-order valence-electron chi connectivity index (χ4n) is 5.55. The van der Waals surface area contributed by atoms with Gasteiger partial charge in [0.1, 0.15) is 11.5 Å². The average molecular weight is 639 g/mol. The van der Waals surface area contributed by atoms with Crippen molar-refractivity contribution in [2.45, 2.75) is 23.8 Å². The summed E-state index contributed by atoms with van der Waals surface area (Å²) in [6.45, 7) is 1.02. The van der Waals surface area contributed by atoms with Gasteiger partial charge in [-0.05, 0) is 55.3 Å². The number of nitrogens with one attached hydrogen (secondary N) is 3. The predicted molar refractivity (Wildman–Crippen MR) is 178 cm³/mol. The Bertz CT molecular complexity index is 1950. The number of rotatable bonds is 11. The highest BCUT2D eigenvalue weighted by Crippen LogP contribution is 2.33. The van der Waals surface area contributed by atoms with Crippen LogP contribution in [0.25, 0.3) is 11.0 Å². The number of sulfonamides is 1. The van der Waals surface area contributed by atoms with E-state index in [9.17, 15) is 13.2 Å². The summed E-state index contributed by atoms with van der Waals surface area (Å²) in [4.78, 5) is 24.4. The summed E-state index contributed by atoms with van der Waals surface area (Å²) in [6, 6.07) is 28.8. The average Bonchev–Trinajstić information content (AvgIpc) is 3.53. The number of benzene rings is 4. The third-order valence-electron chi connectivity index (χ3n) is 7.74. The molecule has 11 nitrogen and oxygen atoms in total. The number of hydrogen-bond donors (Lipinski definition) is 3. The zero-order valence-corrected chi connectivity index (χ0v) is 26.3. The highest BCUT2D eigenvalue weighted by atomic mass is 32.2. The number of carbonyl (C=O) groups is 1. The number of amides is 1. The Labute approximate surface area is 267 Å². The molecule has 3 N–H and O–H groups in total. The van der Waals surface area contributed by atoms with Crippen LogP contribution < -0.4 is 24.8 Å². The second-order valence-corrected chi connectivity index (χ2v) is 12.5. The summed E-state index contributed by atoms with van der Waals surface area (Å²) in [5.41, 5.74) is 3.18. The first-order chi connectivity index (χ1) is 22.3. The molecule has 1 aliphatic heterocycles. The van der Waals surface area contributed by atoms with E-state index in [0.717, 1.165) is 19.4 Å². The Morgan fingerprint density at radius 1 is 0.826 bits per heavy atom. The van der Waals surface area contributed by atoms with Gasteiger partial charge in [0.15, 0.2) is 11.6 Å². The van der Waals surface area contributed by atoms with E-state index in [4.69, 9.17) is 9.47 Å². The predicted octanol–water partition coefficient (Wildman–Crippen LogP) is 5.97. The molecule has 1 unspecified atom stereocenters. The first kappa shape index (κ1) is 30.8. The molecule has 4 aromatic carbocycles. The second kappa shape index (κ2) is 13.4. The lowest BCUT2D eigenvalue weighted by Crippen LogP contribution is -2.33. The van der Waals surface area contributed by atoms with Crippen molar-refractivity contribution < 1.29 is 22.7 Å². The molecule has 0 radical (unpaired) electrons. The van der Waals surface area contributed by atoms with Crippen LogP contribution in [0.4, 0.5) is 23.0 Å². The Morgan fingerprint density at radius 2 is 1.50 bits per heavy atom. The lowest BCUT2D eigenvalue weighted by molar-refractivity contribution is -0.117. The third kappa shape index (κ3) is 7.03. The van der Waals surface area contributed by atoms with E-state index in [-0.39, 0.29) is 35.0 Å². The van der Waals surface area contributed by atoms with Gasteiger partial charge in [0.25, 0.3) is 10.0 Å². The molecule has 46 heavy (non-hydrogen) atoms. The van der Waals surface area contributed by atoms with E-state index < -0.39 is 10.0 Å². The molecule has 1 saturated heterocycles. The molecule has 0 aliphatic carbocycles. The van der Waals surface area contributed by atoms with E-state index in [1.807, 2.05) is 24.3 Å². The monoisotopic (exact) mass is 638 g/mol. The molecular formula is C34H34N6O5S. The largest absolute Gasteiger partial charge is 0.497 e. The molecule has 0 spiro atoms. The second-order valence-electron chi connectivity index (χ2n) is 10.9. The number of anilines is 4. The minimum absolute atomic E-state index is 0.00378. The van der Waals surface area contributed by atoms with Crippen LogP contribution in [0.2, 0.25) is 0 Å². The maximum Gasteiger partial charge on any atom is 0.263 e. The van der Waals surface area contributed by atoms with Gasteiger partial charge in [-0.3, -0.25) is 14.4 Å². The van der Waals surface area contributed by atoms with Crippen molar-refractivity contribution in [1.29, 1.82) is 0 Å². The van der Waals surface area contributed by atoms with E-state index in [1.165, 1.54) is 17.7 Å². The summed E-state index contributed by atoms with van der Waals surface area (Å²) in [5.74, 6) is 1.04. The fraction of sp³-hybridized carbons (Fsp3) is 0.206. The standard InChI is InChI=1S/C34H34N6O5S/c1-44-26-18-25(19-27(21-26)45-2)36-33-34(38-30-15-7-6-14-29(30)37-33)39-46(42,43)28-13-8-12-24(20-28)35-32(41)22-40-17-9-16-31(40)23-10-4-3-5-11-23/h3-8,10-15,18-21,31H,9,16-17,22H2,1-2H3,(H,35,41)(H,36,37)(H,38,39). The molecule has 1 fully saturated rings. The number of methoxy groups -OCH3 is 2. The van der Waals surface area contributed by atoms with Gasteiger partial charge in [0.2, 0.25) is 5.91 Å². The van der Waals surface area contributed by atoms with Crippen LogP contribution in [-0.4, -0.2) is 56.5 Å². The summed E-state index contributed by atoms with van der Waals surface area (Å²) < 4.78 is 40.7. The minimum Gasteiger partial charge on any atom is -0.497 e. The maximum atomic E-state index is 13.7. The van der Waals surface area contributed by atoms with Crippen molar-refractivity contribution in [1.82, 2.24) is 14.9 Å². The Morgan fingerprint density at radius 3 is 2.20 bits per heavy atom. The number of fused-ring (bicyclic) bond motifs is 1. The summed E-state index contributed by atoms with van der Waals surface area (Å²) in [7, 11) is -1.07. The van der Waals surface area contributed by atoms with Crippen molar-refractivity contribution in [3.05, 3.63) is 103 Å².